The zero-order valence-corrected chi connectivity index (χ0v) is 12.7. The minimum Gasteiger partial charge on any atom is -0.310 e. The highest BCUT2D eigenvalue weighted by atomic mass is 35.5. The highest BCUT2D eigenvalue weighted by Gasteiger charge is 2.12. The van der Waals surface area contributed by atoms with Gasteiger partial charge in [0.2, 0.25) is 0 Å². The molecule has 1 nitrogen and oxygen atoms in total. The van der Waals surface area contributed by atoms with Gasteiger partial charge in [-0.25, -0.2) is 0 Å². The van der Waals surface area contributed by atoms with Gasteiger partial charge < -0.3 is 5.32 Å². The standard InChI is InChI=1S/C16H26ClN/c1-4-6-7-8-16(18-11-5-2)15-10-9-14(17)12-13(15)3/h9-10,12,16,18H,4-8,11H2,1-3H3. The molecule has 0 bridgehead atoms. The Morgan fingerprint density at radius 2 is 1.94 bits per heavy atom. The Balaban J connectivity index is 2.73. The molecular formula is C16H26ClN. The van der Waals surface area contributed by atoms with Crippen molar-refractivity contribution in [2.45, 2.75) is 58.9 Å². The van der Waals surface area contributed by atoms with E-state index in [4.69, 9.17) is 11.6 Å². The molecule has 1 atom stereocenters. The van der Waals surface area contributed by atoms with E-state index >= 15 is 0 Å². The third-order valence-corrected chi connectivity index (χ3v) is 3.58. The van der Waals surface area contributed by atoms with E-state index in [0.717, 1.165) is 11.6 Å². The topological polar surface area (TPSA) is 12.0 Å². The number of hydrogen-bond acceptors (Lipinski definition) is 1. The van der Waals surface area contributed by atoms with Gasteiger partial charge in [-0.1, -0.05) is 50.8 Å². The van der Waals surface area contributed by atoms with Gasteiger partial charge in [-0.15, -0.1) is 0 Å². The molecular weight excluding hydrogens is 242 g/mol. The van der Waals surface area contributed by atoms with Crippen molar-refractivity contribution in [2.75, 3.05) is 6.54 Å². The van der Waals surface area contributed by atoms with Crippen LogP contribution in [0.5, 0.6) is 0 Å². The van der Waals surface area contributed by atoms with E-state index in [-0.39, 0.29) is 0 Å². The number of hydrogen-bond donors (Lipinski definition) is 1. The van der Waals surface area contributed by atoms with Crippen LogP contribution in [0.25, 0.3) is 0 Å². The second-order valence-corrected chi connectivity index (χ2v) is 5.44. The van der Waals surface area contributed by atoms with Crippen molar-refractivity contribution in [3.8, 4) is 0 Å². The Hall–Kier alpha value is -0.530. The van der Waals surface area contributed by atoms with Gasteiger partial charge in [0.15, 0.2) is 0 Å². The van der Waals surface area contributed by atoms with Crippen LogP contribution in [0, 0.1) is 6.92 Å². The van der Waals surface area contributed by atoms with Crippen molar-refractivity contribution >= 4 is 11.6 Å². The number of nitrogens with one attached hydrogen (secondary N) is 1. The quantitative estimate of drug-likeness (QED) is 0.633. The summed E-state index contributed by atoms with van der Waals surface area (Å²) in [5, 5.41) is 4.49. The average molecular weight is 268 g/mol. The summed E-state index contributed by atoms with van der Waals surface area (Å²) in [5.41, 5.74) is 2.71. The number of unbranched alkanes of at least 4 members (excludes halogenated alkanes) is 2. The normalized spacial score (nSPS) is 12.7. The zero-order chi connectivity index (χ0) is 13.4. The summed E-state index contributed by atoms with van der Waals surface area (Å²) in [6, 6.07) is 6.73. The fraction of sp³-hybridized carbons (Fsp3) is 0.625. The summed E-state index contributed by atoms with van der Waals surface area (Å²) in [6.07, 6.45) is 6.28. The first-order valence-electron chi connectivity index (χ1n) is 7.18. The first kappa shape index (κ1) is 15.5. The Morgan fingerprint density at radius 3 is 2.56 bits per heavy atom. The molecule has 1 N–H and O–H groups in total. The van der Waals surface area contributed by atoms with E-state index < -0.39 is 0 Å². The molecule has 1 unspecified atom stereocenters. The van der Waals surface area contributed by atoms with E-state index in [1.165, 1.54) is 43.2 Å². The number of halogens is 1. The van der Waals surface area contributed by atoms with Gasteiger partial charge in [0.1, 0.15) is 0 Å². The predicted octanol–water partition coefficient (Wildman–Crippen LogP) is 5.27. The molecule has 1 aromatic rings. The maximum absolute atomic E-state index is 6.03. The highest BCUT2D eigenvalue weighted by molar-refractivity contribution is 6.30. The minimum absolute atomic E-state index is 0.480. The lowest BCUT2D eigenvalue weighted by Gasteiger charge is -2.21. The Bertz CT molecular complexity index is 349. The maximum Gasteiger partial charge on any atom is 0.0408 e. The van der Waals surface area contributed by atoms with Crippen molar-refractivity contribution in [1.82, 2.24) is 5.32 Å². The van der Waals surface area contributed by atoms with Gasteiger partial charge in [0.25, 0.3) is 0 Å². The van der Waals surface area contributed by atoms with Crippen molar-refractivity contribution < 1.29 is 0 Å². The van der Waals surface area contributed by atoms with E-state index in [9.17, 15) is 0 Å². The monoisotopic (exact) mass is 267 g/mol. The fourth-order valence-corrected chi connectivity index (χ4v) is 2.54. The van der Waals surface area contributed by atoms with Gasteiger partial charge in [-0.3, -0.25) is 0 Å². The fourth-order valence-electron chi connectivity index (χ4n) is 2.31. The molecule has 0 spiro atoms. The smallest absolute Gasteiger partial charge is 0.0408 e. The third kappa shape index (κ3) is 4.99. The molecule has 2 heteroatoms. The van der Waals surface area contributed by atoms with Crippen LogP contribution in [0.15, 0.2) is 18.2 Å². The first-order valence-corrected chi connectivity index (χ1v) is 7.56. The zero-order valence-electron chi connectivity index (χ0n) is 11.9. The van der Waals surface area contributed by atoms with Crippen molar-refractivity contribution in [2.24, 2.45) is 0 Å². The van der Waals surface area contributed by atoms with Crippen molar-refractivity contribution in [3.05, 3.63) is 34.3 Å². The lowest BCUT2D eigenvalue weighted by Crippen LogP contribution is -2.22. The molecule has 0 radical (unpaired) electrons. The largest absolute Gasteiger partial charge is 0.310 e. The molecule has 1 rings (SSSR count). The summed E-state index contributed by atoms with van der Waals surface area (Å²) >= 11 is 6.03. The van der Waals surface area contributed by atoms with Crippen LogP contribution in [0.3, 0.4) is 0 Å². The molecule has 0 aliphatic heterocycles. The van der Waals surface area contributed by atoms with Crippen LogP contribution >= 0.6 is 11.6 Å². The average Bonchev–Trinajstić information content (AvgIpc) is 2.34. The van der Waals surface area contributed by atoms with Gasteiger partial charge in [0, 0.05) is 11.1 Å². The Labute approximate surface area is 117 Å². The summed E-state index contributed by atoms with van der Waals surface area (Å²) < 4.78 is 0. The van der Waals surface area contributed by atoms with Crippen LogP contribution in [0.2, 0.25) is 5.02 Å². The lowest BCUT2D eigenvalue weighted by molar-refractivity contribution is 0.473. The third-order valence-electron chi connectivity index (χ3n) is 3.34. The van der Waals surface area contributed by atoms with Gasteiger partial charge >= 0.3 is 0 Å². The molecule has 0 aliphatic carbocycles. The molecule has 0 aromatic heterocycles. The summed E-state index contributed by atoms with van der Waals surface area (Å²) in [4.78, 5) is 0. The Morgan fingerprint density at radius 1 is 1.17 bits per heavy atom. The summed E-state index contributed by atoms with van der Waals surface area (Å²) in [7, 11) is 0. The Kier molecular flexibility index (Phi) is 7.38. The molecule has 0 aliphatic rings. The van der Waals surface area contributed by atoms with Crippen LogP contribution in [-0.4, -0.2) is 6.54 Å². The SMILES string of the molecule is CCCCCC(NCCC)c1ccc(Cl)cc1C. The molecule has 0 heterocycles. The number of benzene rings is 1. The minimum atomic E-state index is 0.480. The first-order chi connectivity index (χ1) is 8.69. The second-order valence-electron chi connectivity index (χ2n) is 5.00. The van der Waals surface area contributed by atoms with E-state index in [2.05, 4.69) is 38.2 Å². The van der Waals surface area contributed by atoms with Gasteiger partial charge in [-0.05, 0) is 49.6 Å². The van der Waals surface area contributed by atoms with E-state index in [1.807, 2.05) is 6.07 Å². The summed E-state index contributed by atoms with van der Waals surface area (Å²) in [5.74, 6) is 0. The molecule has 0 fully saturated rings. The van der Waals surface area contributed by atoms with Crippen LogP contribution in [0.4, 0.5) is 0 Å². The van der Waals surface area contributed by atoms with Crippen molar-refractivity contribution in [1.29, 1.82) is 0 Å². The molecule has 0 saturated heterocycles. The molecule has 1 aromatic carbocycles. The summed E-state index contributed by atoms with van der Waals surface area (Å²) in [6.45, 7) is 7.70. The number of aryl methyl sites for hydroxylation is 1. The van der Waals surface area contributed by atoms with Crippen LogP contribution in [-0.2, 0) is 0 Å². The molecule has 0 saturated carbocycles. The van der Waals surface area contributed by atoms with Gasteiger partial charge in [0.05, 0.1) is 0 Å². The maximum atomic E-state index is 6.03. The molecule has 102 valence electrons. The lowest BCUT2D eigenvalue weighted by atomic mass is 9.96. The van der Waals surface area contributed by atoms with Crippen LogP contribution < -0.4 is 5.32 Å². The molecule has 18 heavy (non-hydrogen) atoms. The number of rotatable bonds is 8. The molecule has 0 amide bonds. The highest BCUT2D eigenvalue weighted by Crippen LogP contribution is 2.25. The van der Waals surface area contributed by atoms with Gasteiger partial charge in [-0.2, -0.15) is 0 Å². The van der Waals surface area contributed by atoms with Crippen molar-refractivity contribution in [3.63, 3.8) is 0 Å². The van der Waals surface area contributed by atoms with Crippen LogP contribution in [0.1, 0.15) is 63.1 Å². The predicted molar refractivity (Wildman–Crippen MR) is 81.4 cm³/mol. The second kappa shape index (κ2) is 8.55. The van der Waals surface area contributed by atoms with E-state index in [1.54, 1.807) is 0 Å². The van der Waals surface area contributed by atoms with E-state index in [0.29, 0.717) is 6.04 Å².